The Morgan fingerprint density at radius 2 is 1.94 bits per heavy atom. The fourth-order valence-corrected chi connectivity index (χ4v) is 5.32. The van der Waals surface area contributed by atoms with Crippen LogP contribution in [-0.2, 0) is 0 Å². The van der Waals surface area contributed by atoms with Crippen LogP contribution in [-0.4, -0.2) is 20.4 Å². The summed E-state index contributed by atoms with van der Waals surface area (Å²) in [6.07, 6.45) is 6.01. The van der Waals surface area contributed by atoms with Gasteiger partial charge in [-0.15, -0.1) is 0 Å². The van der Waals surface area contributed by atoms with Gasteiger partial charge in [-0.05, 0) is 37.0 Å². The molecule has 0 aromatic heterocycles. The Morgan fingerprint density at radius 1 is 1.33 bits per heavy atom. The molecule has 1 saturated carbocycles. The third-order valence-corrected chi connectivity index (χ3v) is 7.12. The Kier molecular flexibility index (Phi) is 3.90. The van der Waals surface area contributed by atoms with Gasteiger partial charge in [0.1, 0.15) is 0 Å². The van der Waals surface area contributed by atoms with Crippen LogP contribution in [0.2, 0.25) is 0 Å². The van der Waals surface area contributed by atoms with Gasteiger partial charge in [0.05, 0.1) is 5.60 Å². The average molecular weight is 378 g/mol. The molecule has 1 fully saturated rings. The predicted octanol–water partition coefficient (Wildman–Crippen LogP) is 4.44. The molecule has 2 aliphatic carbocycles. The van der Waals surface area contributed by atoms with E-state index in [1.165, 1.54) is 5.57 Å². The zero-order valence-electron chi connectivity index (χ0n) is 11.3. The van der Waals surface area contributed by atoms with Gasteiger partial charge in [0, 0.05) is 9.65 Å². The van der Waals surface area contributed by atoms with E-state index in [4.69, 9.17) is 0 Å². The highest BCUT2D eigenvalue weighted by molar-refractivity contribution is 9.10. The van der Waals surface area contributed by atoms with Crippen molar-refractivity contribution in [3.8, 4) is 0 Å². The summed E-state index contributed by atoms with van der Waals surface area (Å²) in [6.45, 7) is 10.8. The molecule has 0 aromatic carbocycles. The van der Waals surface area contributed by atoms with E-state index in [0.717, 1.165) is 12.8 Å². The third kappa shape index (κ3) is 2.51. The summed E-state index contributed by atoms with van der Waals surface area (Å²) in [5, 5.41) is 10.1. The minimum atomic E-state index is -0.651. The van der Waals surface area contributed by atoms with Crippen LogP contribution in [0.1, 0.15) is 33.6 Å². The fraction of sp³-hybridized carbons (Fsp3) is 0.733. The molecule has 0 radical (unpaired) electrons. The van der Waals surface area contributed by atoms with Gasteiger partial charge in [0.2, 0.25) is 0 Å². The Labute approximate surface area is 127 Å². The van der Waals surface area contributed by atoms with Gasteiger partial charge in [0.15, 0.2) is 0 Å². The third-order valence-electron chi connectivity index (χ3n) is 4.60. The van der Waals surface area contributed by atoms with Crippen LogP contribution >= 0.6 is 31.9 Å². The van der Waals surface area contributed by atoms with Gasteiger partial charge in [0.25, 0.3) is 0 Å². The highest BCUT2D eigenvalue weighted by Gasteiger charge is 2.48. The molecule has 0 heterocycles. The summed E-state index contributed by atoms with van der Waals surface area (Å²) in [5.41, 5.74) is 0.793. The summed E-state index contributed by atoms with van der Waals surface area (Å²) < 4.78 is 0. The summed E-state index contributed by atoms with van der Waals surface area (Å²) in [7, 11) is 0. The second-order valence-corrected chi connectivity index (χ2v) is 8.84. The zero-order valence-corrected chi connectivity index (χ0v) is 14.5. The summed E-state index contributed by atoms with van der Waals surface area (Å²) in [5.74, 6) is 0.799. The first-order chi connectivity index (χ1) is 8.15. The smallest absolute Gasteiger partial charge is 0.0805 e. The molecule has 0 saturated heterocycles. The van der Waals surface area contributed by atoms with Crippen LogP contribution in [0.15, 0.2) is 24.3 Å². The lowest BCUT2D eigenvalue weighted by atomic mass is 9.61. The summed E-state index contributed by atoms with van der Waals surface area (Å²) in [6, 6.07) is 0. The Hall–Kier alpha value is 0.400. The number of alkyl halides is 2. The Bertz CT molecular complexity index is 384. The first-order valence-corrected chi connectivity index (χ1v) is 8.37. The van der Waals surface area contributed by atoms with Crippen molar-refractivity contribution in [2.45, 2.75) is 48.9 Å². The molecule has 0 aromatic rings. The Morgan fingerprint density at radius 3 is 2.44 bits per heavy atom. The van der Waals surface area contributed by atoms with Crippen molar-refractivity contribution in [3.05, 3.63) is 24.3 Å². The molecule has 0 aliphatic heterocycles. The van der Waals surface area contributed by atoms with Crippen molar-refractivity contribution < 1.29 is 5.11 Å². The van der Waals surface area contributed by atoms with Crippen molar-refractivity contribution in [2.24, 2.45) is 17.3 Å². The van der Waals surface area contributed by atoms with Gasteiger partial charge in [-0.25, -0.2) is 0 Å². The monoisotopic (exact) mass is 376 g/mol. The number of allylic oxidation sites excluding steroid dienone is 2. The number of hydrogen-bond acceptors (Lipinski definition) is 1. The summed E-state index contributed by atoms with van der Waals surface area (Å²) in [4.78, 5) is 0.850. The number of halogens is 2. The molecule has 18 heavy (non-hydrogen) atoms. The van der Waals surface area contributed by atoms with Gasteiger partial charge in [-0.1, -0.05) is 70.0 Å². The highest BCUT2D eigenvalue weighted by atomic mass is 79.9. The number of hydrogen-bond donors (Lipinski definition) is 1. The molecule has 0 bridgehead atoms. The van der Waals surface area contributed by atoms with E-state index in [9.17, 15) is 5.11 Å². The number of rotatable bonds is 1. The molecule has 102 valence electrons. The van der Waals surface area contributed by atoms with Gasteiger partial charge < -0.3 is 5.11 Å². The van der Waals surface area contributed by atoms with Crippen molar-refractivity contribution in [2.75, 3.05) is 0 Å². The molecular weight excluding hydrogens is 356 g/mol. The fourth-order valence-electron chi connectivity index (χ4n) is 3.50. The van der Waals surface area contributed by atoms with Crippen LogP contribution in [0, 0.1) is 17.3 Å². The van der Waals surface area contributed by atoms with E-state index in [2.05, 4.69) is 58.4 Å². The Balaban J connectivity index is 2.29. The molecule has 1 N–H and O–H groups in total. The summed E-state index contributed by atoms with van der Waals surface area (Å²) >= 11 is 7.58. The van der Waals surface area contributed by atoms with E-state index in [-0.39, 0.29) is 5.41 Å². The maximum absolute atomic E-state index is 10.1. The first-order valence-electron chi connectivity index (χ1n) is 6.54. The lowest BCUT2D eigenvalue weighted by molar-refractivity contribution is 0.0757. The van der Waals surface area contributed by atoms with Crippen LogP contribution in [0.4, 0.5) is 0 Å². The maximum atomic E-state index is 10.1. The second-order valence-electron chi connectivity index (χ2n) is 6.63. The molecule has 0 amide bonds. The average Bonchev–Trinajstić information content (AvgIpc) is 2.56. The first kappa shape index (κ1) is 14.8. The molecule has 0 spiro atoms. The largest absolute Gasteiger partial charge is 0.386 e. The van der Waals surface area contributed by atoms with Gasteiger partial charge >= 0.3 is 0 Å². The van der Waals surface area contributed by atoms with Gasteiger partial charge in [-0.3, -0.25) is 0 Å². The lowest BCUT2D eigenvalue weighted by Crippen LogP contribution is -2.45. The lowest BCUT2D eigenvalue weighted by Gasteiger charge is -2.48. The minimum Gasteiger partial charge on any atom is -0.386 e. The standard InChI is InChI=1S/C15H22Br2O/c1-9-11(16)7-12(17)14(2,3)13(9)10-5-6-15(4,18)8-10/h5-6,10-13,18H,1,7-8H2,2-4H3/t10?,11-,12-,13+,15?/m0/s1. The van der Waals surface area contributed by atoms with E-state index < -0.39 is 5.60 Å². The molecule has 2 unspecified atom stereocenters. The molecule has 1 nitrogen and oxygen atoms in total. The normalized spacial score (nSPS) is 47.6. The van der Waals surface area contributed by atoms with E-state index in [1.807, 2.05) is 13.0 Å². The minimum absolute atomic E-state index is 0.163. The van der Waals surface area contributed by atoms with E-state index in [0.29, 0.717) is 21.5 Å². The van der Waals surface area contributed by atoms with Crippen molar-refractivity contribution in [3.63, 3.8) is 0 Å². The number of aliphatic hydroxyl groups is 1. The topological polar surface area (TPSA) is 20.2 Å². The molecule has 3 heteroatoms. The quantitative estimate of drug-likeness (QED) is 0.528. The molecule has 2 aliphatic rings. The molecule has 2 rings (SSSR count). The van der Waals surface area contributed by atoms with Crippen LogP contribution in [0.5, 0.6) is 0 Å². The van der Waals surface area contributed by atoms with Crippen molar-refractivity contribution in [1.29, 1.82) is 0 Å². The van der Waals surface area contributed by atoms with Crippen molar-refractivity contribution in [1.82, 2.24) is 0 Å². The zero-order chi connectivity index (χ0) is 13.7. The van der Waals surface area contributed by atoms with Crippen LogP contribution in [0.3, 0.4) is 0 Å². The van der Waals surface area contributed by atoms with Crippen LogP contribution in [0.25, 0.3) is 0 Å². The predicted molar refractivity (Wildman–Crippen MR) is 84.3 cm³/mol. The molecular formula is C15H22Br2O. The SMILES string of the molecule is C=C1[C@H](C2C=CC(C)(O)C2)C(C)(C)[C@@H](Br)C[C@@H]1Br. The van der Waals surface area contributed by atoms with Crippen molar-refractivity contribution >= 4 is 31.9 Å². The van der Waals surface area contributed by atoms with Gasteiger partial charge in [-0.2, -0.15) is 0 Å². The second kappa shape index (κ2) is 4.75. The van der Waals surface area contributed by atoms with E-state index in [1.54, 1.807) is 0 Å². The highest BCUT2D eigenvalue weighted by Crippen LogP contribution is 2.54. The maximum Gasteiger partial charge on any atom is 0.0805 e. The molecule has 5 atom stereocenters. The van der Waals surface area contributed by atoms with Crippen LogP contribution < -0.4 is 0 Å². The van der Waals surface area contributed by atoms with E-state index >= 15 is 0 Å².